The van der Waals surface area contributed by atoms with Gasteiger partial charge in [-0.05, 0) is 18.6 Å². The lowest BCUT2D eigenvalue weighted by molar-refractivity contribution is -0.118. The number of nitrogens with two attached hydrogens (primary N) is 1. The zero-order chi connectivity index (χ0) is 12.7. The van der Waals surface area contributed by atoms with Crippen molar-refractivity contribution in [2.24, 2.45) is 5.73 Å². The molecule has 0 aliphatic heterocycles. The molecule has 0 atom stereocenters. The smallest absolute Gasteiger partial charge is 0.269 e. The number of carbonyl (C=O) groups excluding carboxylic acids is 2. The van der Waals surface area contributed by atoms with Crippen molar-refractivity contribution in [1.29, 1.82) is 5.26 Å². The van der Waals surface area contributed by atoms with E-state index >= 15 is 0 Å². The van der Waals surface area contributed by atoms with Gasteiger partial charge in [-0.3, -0.25) is 9.59 Å². The highest BCUT2D eigenvalue weighted by molar-refractivity contribution is 5.92. The highest BCUT2D eigenvalue weighted by Gasteiger charge is 2.06. The first-order valence-electron chi connectivity index (χ1n) is 5.06. The van der Waals surface area contributed by atoms with Gasteiger partial charge < -0.3 is 11.1 Å². The molecule has 1 rings (SSSR count). The number of carbonyl (C=O) groups is 2. The number of nitrogens with zero attached hydrogens (tertiary/aromatic N) is 2. The topological polar surface area (TPSA) is 109 Å². The summed E-state index contributed by atoms with van der Waals surface area (Å²) in [7, 11) is 0. The lowest BCUT2D eigenvalue weighted by Gasteiger charge is -2.03. The van der Waals surface area contributed by atoms with Gasteiger partial charge in [-0.15, -0.1) is 0 Å². The molecule has 0 fully saturated rings. The minimum Gasteiger partial charge on any atom is -0.370 e. The van der Waals surface area contributed by atoms with Gasteiger partial charge in [0.05, 0.1) is 5.56 Å². The van der Waals surface area contributed by atoms with Crippen LogP contribution in [0.4, 0.5) is 0 Å². The summed E-state index contributed by atoms with van der Waals surface area (Å²) < 4.78 is 0. The monoisotopic (exact) mass is 232 g/mol. The molecule has 0 aliphatic rings. The number of rotatable bonds is 5. The van der Waals surface area contributed by atoms with Crippen molar-refractivity contribution in [2.75, 3.05) is 6.54 Å². The highest BCUT2D eigenvalue weighted by atomic mass is 16.2. The summed E-state index contributed by atoms with van der Waals surface area (Å²) in [6, 6.07) is 4.91. The van der Waals surface area contributed by atoms with E-state index in [9.17, 15) is 9.59 Å². The van der Waals surface area contributed by atoms with E-state index in [1.165, 1.54) is 18.3 Å². The molecule has 1 aromatic rings. The summed E-state index contributed by atoms with van der Waals surface area (Å²) in [5.74, 6) is -0.727. The third-order valence-corrected chi connectivity index (χ3v) is 2.01. The molecular formula is C11H12N4O2. The third kappa shape index (κ3) is 4.30. The lowest BCUT2D eigenvalue weighted by Crippen LogP contribution is -2.26. The van der Waals surface area contributed by atoms with Crippen LogP contribution in [0.2, 0.25) is 0 Å². The van der Waals surface area contributed by atoms with E-state index in [1.807, 2.05) is 6.07 Å². The summed E-state index contributed by atoms with van der Waals surface area (Å²) in [6.07, 6.45) is 2.07. The number of aromatic nitrogens is 1. The van der Waals surface area contributed by atoms with Crippen LogP contribution in [0.5, 0.6) is 0 Å². The van der Waals surface area contributed by atoms with Crippen molar-refractivity contribution in [2.45, 2.75) is 12.8 Å². The number of nitriles is 1. The Morgan fingerprint density at radius 3 is 2.76 bits per heavy atom. The van der Waals surface area contributed by atoms with Crippen LogP contribution in [0.3, 0.4) is 0 Å². The fourth-order valence-corrected chi connectivity index (χ4v) is 1.15. The van der Waals surface area contributed by atoms with E-state index in [2.05, 4.69) is 10.3 Å². The molecule has 88 valence electrons. The third-order valence-electron chi connectivity index (χ3n) is 2.01. The molecule has 2 amide bonds. The quantitative estimate of drug-likeness (QED) is 0.693. The summed E-state index contributed by atoms with van der Waals surface area (Å²) >= 11 is 0. The maximum absolute atomic E-state index is 11.5. The van der Waals surface area contributed by atoms with Crippen molar-refractivity contribution in [3.63, 3.8) is 0 Å². The second kappa shape index (κ2) is 6.23. The van der Waals surface area contributed by atoms with Gasteiger partial charge in [-0.2, -0.15) is 5.26 Å². The van der Waals surface area contributed by atoms with Gasteiger partial charge in [0, 0.05) is 19.2 Å². The standard InChI is InChI=1S/C11H12N4O2/c12-6-8-3-4-9(15-7-8)11(17)14-5-1-2-10(13)16/h3-4,7H,1-2,5H2,(H2,13,16)(H,14,17). The van der Waals surface area contributed by atoms with Crippen molar-refractivity contribution in [1.82, 2.24) is 10.3 Å². The maximum atomic E-state index is 11.5. The Morgan fingerprint density at radius 1 is 1.47 bits per heavy atom. The molecule has 0 aromatic carbocycles. The molecule has 0 aliphatic carbocycles. The molecule has 0 bridgehead atoms. The van der Waals surface area contributed by atoms with Gasteiger partial charge in [-0.25, -0.2) is 4.98 Å². The molecule has 1 aromatic heterocycles. The number of pyridine rings is 1. The van der Waals surface area contributed by atoms with Crippen LogP contribution >= 0.6 is 0 Å². The molecule has 1 heterocycles. The predicted molar refractivity (Wildman–Crippen MR) is 59.7 cm³/mol. The second-order valence-corrected chi connectivity index (χ2v) is 3.37. The molecule has 0 saturated heterocycles. The van der Waals surface area contributed by atoms with Crippen LogP contribution in [0.25, 0.3) is 0 Å². The summed E-state index contributed by atoms with van der Waals surface area (Å²) in [6.45, 7) is 0.365. The SMILES string of the molecule is N#Cc1ccc(C(=O)NCCCC(N)=O)nc1. The first kappa shape index (κ1) is 12.6. The number of hydrogen-bond acceptors (Lipinski definition) is 4. The van der Waals surface area contributed by atoms with Crippen molar-refractivity contribution < 1.29 is 9.59 Å². The van der Waals surface area contributed by atoms with Gasteiger partial charge >= 0.3 is 0 Å². The predicted octanol–water partition coefficient (Wildman–Crippen LogP) is -0.0514. The molecule has 0 unspecified atom stereocenters. The number of primary amides is 1. The highest BCUT2D eigenvalue weighted by Crippen LogP contribution is 1.98. The first-order valence-corrected chi connectivity index (χ1v) is 5.06. The Kier molecular flexibility index (Phi) is 4.63. The van der Waals surface area contributed by atoms with Crippen LogP contribution in [-0.2, 0) is 4.79 Å². The number of hydrogen-bond donors (Lipinski definition) is 2. The van der Waals surface area contributed by atoms with Crippen molar-refractivity contribution >= 4 is 11.8 Å². The minimum absolute atomic E-state index is 0.237. The Balaban J connectivity index is 2.42. The molecule has 17 heavy (non-hydrogen) atoms. The number of amides is 2. The van der Waals surface area contributed by atoms with Gasteiger partial charge in [-0.1, -0.05) is 0 Å². The number of nitrogens with one attached hydrogen (secondary N) is 1. The van der Waals surface area contributed by atoms with Crippen LogP contribution in [0.15, 0.2) is 18.3 Å². The van der Waals surface area contributed by atoms with E-state index < -0.39 is 5.91 Å². The lowest BCUT2D eigenvalue weighted by atomic mass is 10.2. The van der Waals surface area contributed by atoms with Crippen LogP contribution in [0.1, 0.15) is 28.9 Å². The van der Waals surface area contributed by atoms with E-state index in [0.717, 1.165) is 0 Å². The zero-order valence-electron chi connectivity index (χ0n) is 9.14. The maximum Gasteiger partial charge on any atom is 0.269 e. The molecule has 0 spiro atoms. The zero-order valence-corrected chi connectivity index (χ0v) is 9.14. The van der Waals surface area contributed by atoms with Crippen LogP contribution in [-0.4, -0.2) is 23.3 Å². The Hall–Kier alpha value is -2.42. The normalized spacial score (nSPS) is 9.35. The molecule has 3 N–H and O–H groups in total. The second-order valence-electron chi connectivity index (χ2n) is 3.37. The Labute approximate surface area is 98.4 Å². The Bertz CT molecular complexity index is 448. The van der Waals surface area contributed by atoms with Crippen molar-refractivity contribution in [3.8, 4) is 6.07 Å². The van der Waals surface area contributed by atoms with E-state index in [-0.39, 0.29) is 18.0 Å². The first-order chi connectivity index (χ1) is 8.13. The largest absolute Gasteiger partial charge is 0.370 e. The molecule has 6 heteroatoms. The summed E-state index contributed by atoms with van der Waals surface area (Å²) in [5.41, 5.74) is 5.60. The summed E-state index contributed by atoms with van der Waals surface area (Å²) in [4.78, 5) is 25.8. The average Bonchev–Trinajstić information content (AvgIpc) is 2.34. The average molecular weight is 232 g/mol. The summed E-state index contributed by atoms with van der Waals surface area (Å²) in [5, 5.41) is 11.2. The van der Waals surface area contributed by atoms with E-state index in [4.69, 9.17) is 11.0 Å². The molecule has 0 saturated carbocycles. The van der Waals surface area contributed by atoms with Gasteiger partial charge in [0.2, 0.25) is 5.91 Å². The fourth-order valence-electron chi connectivity index (χ4n) is 1.15. The molecule has 0 radical (unpaired) electrons. The van der Waals surface area contributed by atoms with Gasteiger partial charge in [0.15, 0.2) is 0 Å². The van der Waals surface area contributed by atoms with E-state index in [0.29, 0.717) is 18.5 Å². The molecule has 6 nitrogen and oxygen atoms in total. The fraction of sp³-hybridized carbons (Fsp3) is 0.273. The van der Waals surface area contributed by atoms with Gasteiger partial charge in [0.1, 0.15) is 11.8 Å². The van der Waals surface area contributed by atoms with E-state index in [1.54, 1.807) is 0 Å². The van der Waals surface area contributed by atoms with Crippen molar-refractivity contribution in [3.05, 3.63) is 29.6 Å². The van der Waals surface area contributed by atoms with Crippen LogP contribution in [0, 0.1) is 11.3 Å². The molecular weight excluding hydrogens is 220 g/mol. The van der Waals surface area contributed by atoms with Crippen LogP contribution < -0.4 is 11.1 Å². The minimum atomic E-state index is -0.393. The Morgan fingerprint density at radius 2 is 2.24 bits per heavy atom. The van der Waals surface area contributed by atoms with Gasteiger partial charge in [0.25, 0.3) is 5.91 Å².